The first-order valence-corrected chi connectivity index (χ1v) is 19.9. The monoisotopic (exact) mass is 685 g/mol. The van der Waals surface area contributed by atoms with Gasteiger partial charge in [0, 0.05) is 60.7 Å². The van der Waals surface area contributed by atoms with Crippen LogP contribution in [0.25, 0.3) is 22.2 Å². The second-order valence-corrected chi connectivity index (χ2v) is 17.2. The molecule has 4 unspecified atom stereocenters. The van der Waals surface area contributed by atoms with E-state index in [2.05, 4.69) is 38.3 Å². The minimum Gasteiger partial charge on any atom is -0.497 e. The summed E-state index contributed by atoms with van der Waals surface area (Å²) in [6, 6.07) is 12.4. The van der Waals surface area contributed by atoms with Crippen LogP contribution in [0.3, 0.4) is 0 Å². The summed E-state index contributed by atoms with van der Waals surface area (Å²) in [5, 5.41) is 1.07. The fourth-order valence-corrected chi connectivity index (χ4v) is 11.5. The smallest absolute Gasteiger partial charge is 0.304 e. The molecule has 260 valence electrons. The number of methoxy groups -OCH3 is 1. The molecule has 4 atom stereocenters. The number of nitrogens with zero attached hydrogens (tertiary/aromatic N) is 4. The summed E-state index contributed by atoms with van der Waals surface area (Å²) in [5.41, 5.74) is 5.04. The zero-order chi connectivity index (χ0) is 33.7. The summed E-state index contributed by atoms with van der Waals surface area (Å²) in [7, 11) is -0.114. The predicted molar refractivity (Wildman–Crippen MR) is 188 cm³/mol. The molecule has 1 N–H and O–H groups in total. The number of carbonyl (C=O) groups excluding carboxylic acids is 2. The van der Waals surface area contributed by atoms with E-state index in [-0.39, 0.29) is 23.9 Å². The van der Waals surface area contributed by atoms with Crippen molar-refractivity contribution in [3.05, 3.63) is 53.1 Å². The Balaban J connectivity index is 1.23. The van der Waals surface area contributed by atoms with Crippen LogP contribution in [0.4, 0.5) is 0 Å². The van der Waals surface area contributed by atoms with Crippen LogP contribution in [-0.2, 0) is 20.5 Å². The van der Waals surface area contributed by atoms with Crippen molar-refractivity contribution in [3.8, 4) is 17.0 Å². The molecule has 1 aromatic heterocycles. The quantitative estimate of drug-likeness (QED) is 0.377. The second-order valence-electron chi connectivity index (χ2n) is 15.5. The van der Waals surface area contributed by atoms with Crippen LogP contribution in [0.5, 0.6) is 5.75 Å². The lowest BCUT2D eigenvalue weighted by Gasteiger charge is -2.43. The molecule has 2 aliphatic carbocycles. The van der Waals surface area contributed by atoms with Crippen LogP contribution in [0.15, 0.2) is 36.4 Å². The maximum absolute atomic E-state index is 15.3. The Hall–Kier alpha value is -3.41. The van der Waals surface area contributed by atoms with Crippen LogP contribution in [0.2, 0.25) is 0 Å². The van der Waals surface area contributed by atoms with Crippen molar-refractivity contribution in [3.63, 3.8) is 0 Å². The van der Waals surface area contributed by atoms with Gasteiger partial charge in [-0.3, -0.25) is 9.59 Å². The zero-order valence-electron chi connectivity index (χ0n) is 28.6. The van der Waals surface area contributed by atoms with E-state index in [1.54, 1.807) is 13.2 Å². The van der Waals surface area contributed by atoms with Gasteiger partial charge in [0.2, 0.25) is 5.91 Å². The lowest BCUT2D eigenvalue weighted by molar-refractivity contribution is -0.142. The van der Waals surface area contributed by atoms with Gasteiger partial charge in [-0.2, -0.15) is 12.7 Å². The SMILES string of the molecule is COc1ccc2c(c1)C1CC1(C(=O)N1C3CCC1CN(C)C3)n1c-2c(C2CCCCC2)c2ccc(C(=O)NS(=O)(=O)N3CCCCC3)cc21. The lowest BCUT2D eigenvalue weighted by Crippen LogP contribution is -2.58. The number of likely N-dealkylation sites (tertiary alicyclic amines) is 1. The molecular weight excluding hydrogens is 639 g/mol. The van der Waals surface area contributed by atoms with Crippen molar-refractivity contribution < 1.29 is 22.7 Å². The molecule has 2 amide bonds. The second kappa shape index (κ2) is 11.6. The molecule has 0 spiro atoms. The van der Waals surface area contributed by atoms with E-state index >= 15 is 4.79 Å². The summed E-state index contributed by atoms with van der Waals surface area (Å²) in [5.74, 6) is 0.687. The number of aromatic nitrogens is 1. The first-order valence-electron chi connectivity index (χ1n) is 18.4. The summed E-state index contributed by atoms with van der Waals surface area (Å²) in [6.07, 6.45) is 11.0. The summed E-state index contributed by atoms with van der Waals surface area (Å²) < 4.78 is 38.3. The van der Waals surface area contributed by atoms with E-state index in [0.717, 1.165) is 85.9 Å². The van der Waals surface area contributed by atoms with Gasteiger partial charge >= 0.3 is 10.2 Å². The Morgan fingerprint density at radius 3 is 2.33 bits per heavy atom. The van der Waals surface area contributed by atoms with Gasteiger partial charge in [0.15, 0.2) is 0 Å². The molecule has 6 aliphatic rings. The third kappa shape index (κ3) is 4.82. The van der Waals surface area contributed by atoms with Gasteiger partial charge in [0.25, 0.3) is 5.91 Å². The first kappa shape index (κ1) is 31.6. The highest BCUT2D eigenvalue weighted by Gasteiger charge is 2.68. The first-order chi connectivity index (χ1) is 23.7. The minimum atomic E-state index is -3.96. The third-order valence-electron chi connectivity index (χ3n) is 12.6. The molecule has 2 bridgehead atoms. The molecule has 49 heavy (non-hydrogen) atoms. The number of likely N-dealkylation sites (N-methyl/N-ethyl adjacent to an activating group) is 1. The molecule has 2 saturated carbocycles. The number of carbonyl (C=O) groups is 2. The number of nitrogens with one attached hydrogen (secondary N) is 1. The van der Waals surface area contributed by atoms with E-state index in [4.69, 9.17) is 4.74 Å². The lowest BCUT2D eigenvalue weighted by atomic mass is 9.80. The minimum absolute atomic E-state index is 0.0107. The predicted octanol–water partition coefficient (Wildman–Crippen LogP) is 5.33. The van der Waals surface area contributed by atoms with E-state index in [1.165, 1.54) is 34.7 Å². The van der Waals surface area contributed by atoms with Gasteiger partial charge in [0.05, 0.1) is 18.3 Å². The Bertz CT molecular complexity index is 1950. The highest BCUT2D eigenvalue weighted by molar-refractivity contribution is 7.87. The molecule has 3 saturated heterocycles. The fourth-order valence-electron chi connectivity index (χ4n) is 10.3. The highest BCUT2D eigenvalue weighted by Crippen LogP contribution is 2.67. The highest BCUT2D eigenvalue weighted by atomic mass is 32.2. The van der Waals surface area contributed by atoms with Gasteiger partial charge in [-0.25, -0.2) is 4.72 Å². The largest absolute Gasteiger partial charge is 0.497 e. The van der Waals surface area contributed by atoms with Gasteiger partial charge in [-0.15, -0.1) is 0 Å². The maximum Gasteiger partial charge on any atom is 0.304 e. The number of piperidine rings is 1. The Morgan fingerprint density at radius 2 is 1.61 bits per heavy atom. The van der Waals surface area contributed by atoms with Crippen molar-refractivity contribution >= 4 is 32.9 Å². The average molecular weight is 686 g/mol. The average Bonchev–Trinajstić information content (AvgIpc) is 3.70. The fraction of sp³-hybridized carbons (Fsp3) is 0.579. The maximum atomic E-state index is 15.3. The van der Waals surface area contributed by atoms with Crippen molar-refractivity contribution in [1.29, 1.82) is 0 Å². The molecule has 5 heterocycles. The van der Waals surface area contributed by atoms with Crippen LogP contribution in [-0.4, -0.2) is 91.3 Å². The third-order valence-corrected chi connectivity index (χ3v) is 14.1. The number of amides is 2. The van der Waals surface area contributed by atoms with Crippen molar-refractivity contribution in [2.24, 2.45) is 0 Å². The Kier molecular flexibility index (Phi) is 7.45. The van der Waals surface area contributed by atoms with Crippen LogP contribution in [0.1, 0.15) is 104 Å². The number of benzene rings is 2. The molecule has 2 aromatic carbocycles. The summed E-state index contributed by atoms with van der Waals surface area (Å²) >= 11 is 0. The van der Waals surface area contributed by atoms with Crippen LogP contribution >= 0.6 is 0 Å². The Morgan fingerprint density at radius 1 is 0.898 bits per heavy atom. The standard InChI is InChI=1S/C38H47N5O5S/c1-40-22-26-12-13-27(23-40)42(26)37(45)38-21-32(38)31-20-28(48-2)14-16-29(31)35-34(24-9-5-3-6-10-24)30-15-11-25(19-33(30)43(35)38)36(44)39-49(46,47)41-17-7-4-8-18-41/h11,14-16,19-20,24,26-27,32H,3-10,12-13,17-18,21-23H2,1-2H3,(H,39,44). The normalized spacial score (nSPS) is 28.5. The summed E-state index contributed by atoms with van der Waals surface area (Å²) in [4.78, 5) is 33.6. The van der Waals surface area contributed by atoms with Gasteiger partial charge in [-0.1, -0.05) is 31.7 Å². The molecular formula is C38H47N5O5S. The van der Waals surface area contributed by atoms with E-state index in [9.17, 15) is 13.2 Å². The zero-order valence-corrected chi connectivity index (χ0v) is 29.4. The van der Waals surface area contributed by atoms with E-state index in [1.807, 2.05) is 18.2 Å². The van der Waals surface area contributed by atoms with Crippen LogP contribution < -0.4 is 9.46 Å². The number of rotatable bonds is 6. The van der Waals surface area contributed by atoms with Crippen molar-refractivity contribution in [1.82, 2.24) is 23.4 Å². The number of piperazine rings is 1. The summed E-state index contributed by atoms with van der Waals surface area (Å²) in [6.45, 7) is 2.61. The number of ether oxygens (including phenoxy) is 1. The molecule has 4 aliphatic heterocycles. The van der Waals surface area contributed by atoms with Crippen molar-refractivity contribution in [2.45, 2.75) is 100 Å². The molecule has 0 radical (unpaired) electrons. The molecule has 10 nitrogen and oxygen atoms in total. The molecule has 11 heteroatoms. The van der Waals surface area contributed by atoms with Crippen LogP contribution in [0, 0.1) is 0 Å². The van der Waals surface area contributed by atoms with E-state index in [0.29, 0.717) is 31.0 Å². The van der Waals surface area contributed by atoms with Gasteiger partial charge in [-0.05, 0) is 99.4 Å². The number of hydrogen-bond acceptors (Lipinski definition) is 6. The Labute approximate surface area is 288 Å². The van der Waals surface area contributed by atoms with Crippen molar-refractivity contribution in [2.75, 3.05) is 40.3 Å². The van der Waals surface area contributed by atoms with Gasteiger partial charge in [0.1, 0.15) is 11.3 Å². The molecule has 3 aromatic rings. The van der Waals surface area contributed by atoms with E-state index < -0.39 is 21.7 Å². The molecule has 9 rings (SSSR count). The van der Waals surface area contributed by atoms with Gasteiger partial charge < -0.3 is 19.1 Å². The topological polar surface area (TPSA) is 104 Å². The molecule has 5 fully saturated rings. The number of fused-ring (bicyclic) bond motifs is 10. The number of hydrogen-bond donors (Lipinski definition) is 1.